The maximum absolute atomic E-state index is 12.1. The van der Waals surface area contributed by atoms with E-state index in [4.69, 9.17) is 9.47 Å². The van der Waals surface area contributed by atoms with Gasteiger partial charge in [-0.2, -0.15) is 0 Å². The van der Waals surface area contributed by atoms with Crippen molar-refractivity contribution in [2.24, 2.45) is 0 Å². The number of nitrogens with zero attached hydrogens (tertiary/aromatic N) is 1. The lowest BCUT2D eigenvalue weighted by atomic mass is 10.2. The van der Waals surface area contributed by atoms with Gasteiger partial charge in [-0.05, 0) is 42.8 Å². The van der Waals surface area contributed by atoms with Gasteiger partial charge in [0.05, 0.1) is 6.61 Å². The summed E-state index contributed by atoms with van der Waals surface area (Å²) in [6.45, 7) is 2.48. The smallest absolute Gasteiger partial charge is 0.262 e. The number of ether oxygens (including phenoxy) is 2. The summed E-state index contributed by atoms with van der Waals surface area (Å²) in [4.78, 5) is 25.4. The van der Waals surface area contributed by atoms with Crippen LogP contribution in [-0.4, -0.2) is 44.0 Å². The highest BCUT2D eigenvalue weighted by atomic mass is 16.5. The van der Waals surface area contributed by atoms with Crippen molar-refractivity contribution < 1.29 is 19.1 Å². The highest BCUT2D eigenvalue weighted by Crippen LogP contribution is 2.26. The van der Waals surface area contributed by atoms with Gasteiger partial charge in [0.1, 0.15) is 0 Å². The van der Waals surface area contributed by atoms with Crippen LogP contribution >= 0.6 is 0 Å². The van der Waals surface area contributed by atoms with E-state index in [9.17, 15) is 9.59 Å². The molecular formula is C20H24N2O4. The SMILES string of the molecule is CCCOc1ccccc1OCC(=O)Nc1ccc(C(=O)N(C)C)cc1. The maximum atomic E-state index is 12.1. The number of benzene rings is 2. The fourth-order valence-electron chi connectivity index (χ4n) is 2.20. The fraction of sp³-hybridized carbons (Fsp3) is 0.300. The van der Waals surface area contributed by atoms with E-state index in [0.717, 1.165) is 6.42 Å². The Hall–Kier alpha value is -3.02. The molecule has 1 N–H and O–H groups in total. The molecule has 0 bridgehead atoms. The summed E-state index contributed by atoms with van der Waals surface area (Å²) in [6, 6.07) is 14.0. The quantitative estimate of drug-likeness (QED) is 0.789. The van der Waals surface area contributed by atoms with Crippen LogP contribution in [0.4, 0.5) is 5.69 Å². The Morgan fingerprint density at radius 1 is 0.962 bits per heavy atom. The van der Waals surface area contributed by atoms with Gasteiger partial charge < -0.3 is 19.7 Å². The normalized spacial score (nSPS) is 10.1. The molecule has 0 aliphatic rings. The summed E-state index contributed by atoms with van der Waals surface area (Å²) < 4.78 is 11.2. The molecule has 6 heteroatoms. The van der Waals surface area contributed by atoms with Crippen molar-refractivity contribution >= 4 is 17.5 Å². The second kappa shape index (κ2) is 9.46. The van der Waals surface area contributed by atoms with E-state index in [2.05, 4.69) is 5.32 Å². The van der Waals surface area contributed by atoms with Crippen LogP contribution in [0.1, 0.15) is 23.7 Å². The third-order valence-electron chi connectivity index (χ3n) is 3.49. The van der Waals surface area contributed by atoms with E-state index in [1.165, 1.54) is 4.90 Å². The number of carbonyl (C=O) groups excluding carboxylic acids is 2. The third kappa shape index (κ3) is 5.51. The molecule has 0 spiro atoms. The third-order valence-corrected chi connectivity index (χ3v) is 3.49. The van der Waals surface area contributed by atoms with Crippen molar-refractivity contribution in [1.29, 1.82) is 0 Å². The predicted octanol–water partition coefficient (Wildman–Crippen LogP) is 3.19. The number of rotatable bonds is 8. The number of hydrogen-bond donors (Lipinski definition) is 1. The number of carbonyl (C=O) groups is 2. The van der Waals surface area contributed by atoms with Crippen LogP contribution in [0.3, 0.4) is 0 Å². The summed E-state index contributed by atoms with van der Waals surface area (Å²) in [5.74, 6) is 0.772. The molecule has 0 unspecified atom stereocenters. The van der Waals surface area contributed by atoms with Gasteiger partial charge in [-0.3, -0.25) is 9.59 Å². The van der Waals surface area contributed by atoms with E-state index in [0.29, 0.717) is 29.4 Å². The molecule has 0 heterocycles. The van der Waals surface area contributed by atoms with Crippen LogP contribution in [-0.2, 0) is 4.79 Å². The second-order valence-electron chi connectivity index (χ2n) is 5.91. The Labute approximate surface area is 153 Å². The number of para-hydroxylation sites is 2. The van der Waals surface area contributed by atoms with E-state index >= 15 is 0 Å². The topological polar surface area (TPSA) is 67.9 Å². The van der Waals surface area contributed by atoms with E-state index in [1.807, 2.05) is 25.1 Å². The highest BCUT2D eigenvalue weighted by molar-refractivity contribution is 5.95. The summed E-state index contributed by atoms with van der Waals surface area (Å²) in [6.07, 6.45) is 0.890. The Morgan fingerprint density at radius 2 is 1.58 bits per heavy atom. The van der Waals surface area contributed by atoms with E-state index in [-0.39, 0.29) is 18.4 Å². The average Bonchev–Trinajstić information content (AvgIpc) is 2.65. The van der Waals surface area contributed by atoms with E-state index in [1.54, 1.807) is 44.4 Å². The molecular weight excluding hydrogens is 332 g/mol. The summed E-state index contributed by atoms with van der Waals surface area (Å²) in [5.41, 5.74) is 1.16. The standard InChI is InChI=1S/C20H24N2O4/c1-4-13-25-17-7-5-6-8-18(17)26-14-19(23)21-16-11-9-15(10-12-16)20(24)22(2)3/h5-12H,4,13-14H2,1-3H3,(H,21,23). The van der Waals surface area contributed by atoms with Gasteiger partial charge in [-0.15, -0.1) is 0 Å². The summed E-state index contributed by atoms with van der Waals surface area (Å²) >= 11 is 0. The number of nitrogens with one attached hydrogen (secondary N) is 1. The van der Waals surface area contributed by atoms with Crippen LogP contribution < -0.4 is 14.8 Å². The molecule has 0 fully saturated rings. The molecule has 2 amide bonds. The van der Waals surface area contributed by atoms with Crippen molar-refractivity contribution in [2.45, 2.75) is 13.3 Å². The number of hydrogen-bond acceptors (Lipinski definition) is 4. The van der Waals surface area contributed by atoms with Gasteiger partial charge >= 0.3 is 0 Å². The number of amides is 2. The highest BCUT2D eigenvalue weighted by Gasteiger charge is 2.10. The van der Waals surface area contributed by atoms with Crippen molar-refractivity contribution in [3.63, 3.8) is 0 Å². The Kier molecular flexibility index (Phi) is 7.02. The Bertz CT molecular complexity index is 742. The van der Waals surface area contributed by atoms with Crippen molar-refractivity contribution in [3.05, 3.63) is 54.1 Å². The van der Waals surface area contributed by atoms with Gasteiger partial charge in [-0.1, -0.05) is 19.1 Å². The first-order valence-electron chi connectivity index (χ1n) is 8.47. The zero-order valence-corrected chi connectivity index (χ0v) is 15.3. The minimum Gasteiger partial charge on any atom is -0.490 e. The maximum Gasteiger partial charge on any atom is 0.262 e. The Morgan fingerprint density at radius 3 is 2.15 bits per heavy atom. The largest absolute Gasteiger partial charge is 0.490 e. The van der Waals surface area contributed by atoms with Crippen molar-refractivity contribution in [3.8, 4) is 11.5 Å². The van der Waals surface area contributed by atoms with E-state index < -0.39 is 0 Å². The lowest BCUT2D eigenvalue weighted by molar-refractivity contribution is -0.118. The minimum atomic E-state index is -0.290. The van der Waals surface area contributed by atoms with Gasteiger partial charge in [0.2, 0.25) is 0 Å². The van der Waals surface area contributed by atoms with Crippen LogP contribution in [0.15, 0.2) is 48.5 Å². The first kappa shape index (κ1) is 19.3. The summed E-state index contributed by atoms with van der Waals surface area (Å²) in [7, 11) is 3.38. The van der Waals surface area contributed by atoms with Gasteiger partial charge in [0.15, 0.2) is 18.1 Å². The molecule has 2 rings (SSSR count). The van der Waals surface area contributed by atoms with Gasteiger partial charge in [0.25, 0.3) is 11.8 Å². The minimum absolute atomic E-state index is 0.0881. The molecule has 0 aliphatic carbocycles. The lowest BCUT2D eigenvalue weighted by Crippen LogP contribution is -2.22. The van der Waals surface area contributed by atoms with Gasteiger partial charge in [0, 0.05) is 25.3 Å². The van der Waals surface area contributed by atoms with Crippen LogP contribution in [0.5, 0.6) is 11.5 Å². The van der Waals surface area contributed by atoms with Crippen LogP contribution in [0.2, 0.25) is 0 Å². The zero-order chi connectivity index (χ0) is 18.9. The summed E-state index contributed by atoms with van der Waals surface area (Å²) in [5, 5.41) is 2.74. The predicted molar refractivity (Wildman–Crippen MR) is 101 cm³/mol. The molecule has 0 atom stereocenters. The zero-order valence-electron chi connectivity index (χ0n) is 15.3. The first-order chi connectivity index (χ1) is 12.5. The fourth-order valence-corrected chi connectivity index (χ4v) is 2.20. The molecule has 26 heavy (non-hydrogen) atoms. The van der Waals surface area contributed by atoms with Crippen molar-refractivity contribution in [2.75, 3.05) is 32.6 Å². The Balaban J connectivity index is 1.90. The second-order valence-corrected chi connectivity index (χ2v) is 5.91. The molecule has 0 radical (unpaired) electrons. The molecule has 0 aliphatic heterocycles. The monoisotopic (exact) mass is 356 g/mol. The number of anilines is 1. The average molecular weight is 356 g/mol. The molecule has 138 valence electrons. The molecule has 0 saturated heterocycles. The molecule has 6 nitrogen and oxygen atoms in total. The van der Waals surface area contributed by atoms with Gasteiger partial charge in [-0.25, -0.2) is 0 Å². The lowest BCUT2D eigenvalue weighted by Gasteiger charge is -2.13. The van der Waals surface area contributed by atoms with Crippen molar-refractivity contribution in [1.82, 2.24) is 4.90 Å². The first-order valence-corrected chi connectivity index (χ1v) is 8.47. The molecule has 0 saturated carbocycles. The molecule has 2 aromatic carbocycles. The van der Waals surface area contributed by atoms with Crippen LogP contribution in [0.25, 0.3) is 0 Å². The molecule has 0 aromatic heterocycles. The molecule has 2 aromatic rings. The van der Waals surface area contributed by atoms with Crippen LogP contribution in [0, 0.1) is 0 Å².